The molecular formula is C29H35N5O3. The van der Waals surface area contributed by atoms with Gasteiger partial charge < -0.3 is 15.0 Å². The maximum absolute atomic E-state index is 13.4. The molecule has 0 atom stereocenters. The molecule has 37 heavy (non-hydrogen) atoms. The molecule has 0 unspecified atom stereocenters. The molecule has 1 N–H and O–H groups in total. The number of benzene rings is 2. The van der Waals surface area contributed by atoms with Gasteiger partial charge in [-0.2, -0.15) is 0 Å². The van der Waals surface area contributed by atoms with E-state index >= 15 is 0 Å². The summed E-state index contributed by atoms with van der Waals surface area (Å²) in [6.07, 6.45) is 5.77. The van der Waals surface area contributed by atoms with Crippen LogP contribution in [0.3, 0.4) is 0 Å². The van der Waals surface area contributed by atoms with Gasteiger partial charge in [-0.05, 0) is 69.2 Å². The lowest BCUT2D eigenvalue weighted by atomic mass is 9.73. The maximum atomic E-state index is 13.4. The Hall–Kier alpha value is -3.68. The van der Waals surface area contributed by atoms with Crippen LogP contribution in [-0.2, 0) is 11.2 Å². The second kappa shape index (κ2) is 11.2. The Morgan fingerprint density at radius 2 is 1.73 bits per heavy atom. The van der Waals surface area contributed by atoms with Crippen molar-refractivity contribution in [2.45, 2.75) is 51.9 Å². The van der Waals surface area contributed by atoms with Gasteiger partial charge >= 0.3 is 0 Å². The largest absolute Gasteiger partial charge is 0.493 e. The van der Waals surface area contributed by atoms with E-state index in [1.54, 1.807) is 9.58 Å². The molecule has 1 aromatic heterocycles. The number of fused-ring (bicyclic) bond motifs is 1. The fourth-order valence-corrected chi connectivity index (χ4v) is 5.44. The second-order valence-corrected chi connectivity index (χ2v) is 10.1. The van der Waals surface area contributed by atoms with Crippen LogP contribution in [0.15, 0.2) is 54.6 Å². The van der Waals surface area contributed by atoms with Crippen LogP contribution in [0.25, 0.3) is 5.69 Å². The fourth-order valence-electron chi connectivity index (χ4n) is 5.44. The quantitative estimate of drug-likeness (QED) is 0.571. The topological polar surface area (TPSA) is 89.3 Å². The van der Waals surface area contributed by atoms with Gasteiger partial charge in [0, 0.05) is 19.6 Å². The molecule has 2 aliphatic rings. The molecule has 0 radical (unpaired) electrons. The smallest absolute Gasteiger partial charge is 0.293 e. The summed E-state index contributed by atoms with van der Waals surface area (Å²) in [4.78, 5) is 32.9. The average Bonchev–Trinajstić information content (AvgIpc) is 3.33. The zero-order valence-electron chi connectivity index (χ0n) is 21.5. The highest BCUT2D eigenvalue weighted by molar-refractivity contribution is 5.91. The first kappa shape index (κ1) is 25.0. The van der Waals surface area contributed by atoms with Gasteiger partial charge in [0.25, 0.3) is 5.91 Å². The molecule has 8 heteroatoms. The summed E-state index contributed by atoms with van der Waals surface area (Å²) in [5.74, 6) is 1.76. The number of carbonyl (C=O) groups is 2. The summed E-state index contributed by atoms with van der Waals surface area (Å²) in [5.41, 5.74) is 1.66. The Balaban J connectivity index is 1.25. The van der Waals surface area contributed by atoms with Crippen molar-refractivity contribution in [3.8, 4) is 11.4 Å². The van der Waals surface area contributed by atoms with Crippen LogP contribution in [0.4, 0.5) is 0 Å². The monoisotopic (exact) mass is 501 g/mol. The van der Waals surface area contributed by atoms with Gasteiger partial charge in [-0.1, -0.05) is 42.8 Å². The van der Waals surface area contributed by atoms with Crippen LogP contribution in [0, 0.1) is 12.3 Å². The maximum Gasteiger partial charge on any atom is 0.293 e. The SMILES string of the molecule is Cc1nc(C(=O)N2CCC3(CCCCc4ccccc4OCCCNC3=O)CC2)nn1-c1ccccc1. The van der Waals surface area contributed by atoms with Crippen LogP contribution in [0.2, 0.25) is 0 Å². The van der Waals surface area contributed by atoms with E-state index in [1.807, 2.05) is 49.4 Å². The molecule has 2 aliphatic heterocycles. The molecular weight excluding hydrogens is 466 g/mol. The summed E-state index contributed by atoms with van der Waals surface area (Å²) in [5, 5.41) is 7.65. The molecule has 0 bridgehead atoms. The molecule has 2 aromatic carbocycles. The van der Waals surface area contributed by atoms with Crippen molar-refractivity contribution in [1.82, 2.24) is 25.0 Å². The normalized spacial score (nSPS) is 18.5. The summed E-state index contributed by atoms with van der Waals surface area (Å²) in [6.45, 7) is 4.07. The number of rotatable bonds is 2. The predicted molar refractivity (Wildman–Crippen MR) is 141 cm³/mol. The molecule has 5 rings (SSSR count). The summed E-state index contributed by atoms with van der Waals surface area (Å²) in [6, 6.07) is 17.9. The highest BCUT2D eigenvalue weighted by Gasteiger charge is 2.42. The Morgan fingerprint density at radius 1 is 0.973 bits per heavy atom. The number of aromatic nitrogens is 3. The van der Waals surface area contributed by atoms with Crippen LogP contribution in [0.1, 0.15) is 60.5 Å². The Morgan fingerprint density at radius 3 is 2.54 bits per heavy atom. The van der Waals surface area contributed by atoms with Gasteiger partial charge in [0.15, 0.2) is 0 Å². The van der Waals surface area contributed by atoms with Crippen LogP contribution in [0.5, 0.6) is 5.75 Å². The van der Waals surface area contributed by atoms with Crippen molar-refractivity contribution < 1.29 is 14.3 Å². The van der Waals surface area contributed by atoms with E-state index in [1.165, 1.54) is 5.56 Å². The van der Waals surface area contributed by atoms with Crippen molar-refractivity contribution >= 4 is 11.8 Å². The number of nitrogens with zero attached hydrogens (tertiary/aromatic N) is 4. The molecule has 0 saturated carbocycles. The summed E-state index contributed by atoms with van der Waals surface area (Å²) in [7, 11) is 0. The third-order valence-electron chi connectivity index (χ3n) is 7.64. The first-order valence-electron chi connectivity index (χ1n) is 13.3. The van der Waals surface area contributed by atoms with Crippen molar-refractivity contribution in [2.75, 3.05) is 26.2 Å². The van der Waals surface area contributed by atoms with E-state index < -0.39 is 5.41 Å². The Bertz CT molecular complexity index is 1230. The van der Waals surface area contributed by atoms with Gasteiger partial charge in [0.1, 0.15) is 11.6 Å². The van der Waals surface area contributed by atoms with Crippen molar-refractivity contribution in [1.29, 1.82) is 0 Å². The van der Waals surface area contributed by atoms with E-state index in [2.05, 4.69) is 27.5 Å². The van der Waals surface area contributed by atoms with Gasteiger partial charge in [0.2, 0.25) is 11.7 Å². The molecule has 2 amide bonds. The van der Waals surface area contributed by atoms with Crippen LogP contribution < -0.4 is 10.1 Å². The van der Waals surface area contributed by atoms with Crippen LogP contribution >= 0.6 is 0 Å². The highest BCUT2D eigenvalue weighted by Crippen LogP contribution is 2.38. The van der Waals surface area contributed by atoms with E-state index in [-0.39, 0.29) is 17.6 Å². The molecule has 8 nitrogen and oxygen atoms in total. The molecule has 1 fully saturated rings. The van der Waals surface area contributed by atoms with E-state index in [9.17, 15) is 9.59 Å². The number of aryl methyl sites for hydroxylation is 2. The molecule has 1 spiro atoms. The first-order chi connectivity index (χ1) is 18.1. The van der Waals surface area contributed by atoms with Crippen molar-refractivity contribution in [3.63, 3.8) is 0 Å². The van der Waals surface area contributed by atoms with Crippen LogP contribution in [-0.4, -0.2) is 57.7 Å². The number of likely N-dealkylation sites (tertiary alicyclic amines) is 1. The van der Waals surface area contributed by atoms with E-state index in [4.69, 9.17) is 4.74 Å². The van der Waals surface area contributed by atoms with Gasteiger partial charge in [-0.3, -0.25) is 9.59 Å². The summed E-state index contributed by atoms with van der Waals surface area (Å²) < 4.78 is 7.68. The zero-order valence-corrected chi connectivity index (χ0v) is 21.5. The lowest BCUT2D eigenvalue weighted by Gasteiger charge is -2.40. The number of carbonyl (C=O) groups excluding carboxylic acids is 2. The highest BCUT2D eigenvalue weighted by atomic mass is 16.5. The average molecular weight is 502 g/mol. The first-order valence-corrected chi connectivity index (χ1v) is 13.3. The third kappa shape index (κ3) is 5.53. The standard InChI is InChI=1S/C29H35N5O3/c1-22-31-26(32-34(22)24-12-3-2-4-13-24)27(35)33-19-16-29(17-20-33)15-8-7-11-23-10-5-6-14-25(23)37-21-9-18-30-28(29)36/h2-6,10,12-14H,7-9,11,15-21H2,1H3,(H,30,36). The van der Waals surface area contributed by atoms with Crippen molar-refractivity contribution in [2.24, 2.45) is 5.41 Å². The number of para-hydroxylation sites is 2. The number of piperidine rings is 1. The zero-order chi connectivity index (χ0) is 25.7. The fraction of sp³-hybridized carbons (Fsp3) is 0.448. The number of hydrogen-bond acceptors (Lipinski definition) is 5. The van der Waals surface area contributed by atoms with E-state index in [0.29, 0.717) is 44.9 Å². The lowest BCUT2D eigenvalue weighted by Crippen LogP contribution is -2.50. The number of amides is 2. The lowest BCUT2D eigenvalue weighted by molar-refractivity contribution is -0.134. The Labute approximate surface area is 218 Å². The minimum Gasteiger partial charge on any atom is -0.493 e. The van der Waals surface area contributed by atoms with Crippen molar-refractivity contribution in [3.05, 3.63) is 71.8 Å². The number of nitrogens with one attached hydrogen (secondary N) is 1. The minimum atomic E-state index is -0.446. The van der Waals surface area contributed by atoms with E-state index in [0.717, 1.165) is 43.5 Å². The van der Waals surface area contributed by atoms with Gasteiger partial charge in [-0.25, -0.2) is 9.67 Å². The number of ether oxygens (including phenoxy) is 1. The number of hydrogen-bond donors (Lipinski definition) is 1. The second-order valence-electron chi connectivity index (χ2n) is 10.1. The molecule has 194 valence electrons. The molecule has 1 saturated heterocycles. The predicted octanol–water partition coefficient (Wildman–Crippen LogP) is 4.11. The molecule has 3 aromatic rings. The molecule has 0 aliphatic carbocycles. The molecule has 3 heterocycles. The minimum absolute atomic E-state index is 0.110. The van der Waals surface area contributed by atoms with Gasteiger partial charge in [0.05, 0.1) is 17.7 Å². The Kier molecular flexibility index (Phi) is 7.53. The third-order valence-corrected chi connectivity index (χ3v) is 7.64. The van der Waals surface area contributed by atoms with Gasteiger partial charge in [-0.15, -0.1) is 5.10 Å². The summed E-state index contributed by atoms with van der Waals surface area (Å²) >= 11 is 0.